The Labute approximate surface area is 183 Å². The van der Waals surface area contributed by atoms with Crippen LogP contribution in [0.2, 0.25) is 0 Å². The predicted octanol–water partition coefficient (Wildman–Crippen LogP) is 4.42. The van der Waals surface area contributed by atoms with E-state index in [1.807, 2.05) is 39.0 Å². The van der Waals surface area contributed by atoms with Gasteiger partial charge < -0.3 is 5.32 Å². The summed E-state index contributed by atoms with van der Waals surface area (Å²) in [5, 5.41) is 2.81. The van der Waals surface area contributed by atoms with Crippen molar-refractivity contribution in [1.29, 1.82) is 0 Å². The van der Waals surface area contributed by atoms with Gasteiger partial charge in [0, 0.05) is 30.2 Å². The number of nitrogens with one attached hydrogen (secondary N) is 2. The average molecular weight is 438 g/mol. The molecule has 3 aromatic rings. The number of carbonyl (C=O) groups excluding carboxylic acids is 1. The minimum absolute atomic E-state index is 0.176. The van der Waals surface area contributed by atoms with E-state index in [2.05, 4.69) is 15.0 Å². The van der Waals surface area contributed by atoms with Gasteiger partial charge in [-0.3, -0.25) is 14.5 Å². The van der Waals surface area contributed by atoms with Crippen LogP contribution < -0.4 is 10.0 Å². The van der Waals surface area contributed by atoms with Crippen molar-refractivity contribution in [3.8, 4) is 0 Å². The number of pyridine rings is 1. The van der Waals surface area contributed by atoms with Crippen LogP contribution in [0.5, 0.6) is 0 Å². The first-order valence-corrected chi connectivity index (χ1v) is 11.5. The molecule has 2 aromatic carbocycles. The highest BCUT2D eigenvalue weighted by atomic mass is 32.2. The van der Waals surface area contributed by atoms with Crippen LogP contribution >= 0.6 is 0 Å². The summed E-state index contributed by atoms with van der Waals surface area (Å²) in [7, 11) is -3.81. The van der Waals surface area contributed by atoms with Crippen LogP contribution in [0.4, 0.5) is 5.69 Å². The van der Waals surface area contributed by atoms with Gasteiger partial charge in [0.2, 0.25) is 0 Å². The summed E-state index contributed by atoms with van der Waals surface area (Å²) in [6.07, 6.45) is 3.35. The largest absolute Gasteiger partial charge is 0.348 e. The van der Waals surface area contributed by atoms with E-state index in [0.717, 1.165) is 11.1 Å². The maximum absolute atomic E-state index is 13.1. The monoisotopic (exact) mass is 437 g/mol. The number of amides is 1. The second-order valence-electron chi connectivity index (χ2n) is 8.46. The second kappa shape index (κ2) is 8.89. The van der Waals surface area contributed by atoms with Crippen LogP contribution in [0.1, 0.15) is 47.8 Å². The van der Waals surface area contributed by atoms with E-state index in [1.54, 1.807) is 49.6 Å². The fraction of sp³-hybridized carbons (Fsp3) is 0.250. The molecule has 162 valence electrons. The fourth-order valence-electron chi connectivity index (χ4n) is 3.08. The molecule has 7 heteroatoms. The third-order valence-corrected chi connectivity index (χ3v) is 6.42. The highest BCUT2D eigenvalue weighted by Crippen LogP contribution is 2.28. The molecule has 0 saturated carbocycles. The van der Waals surface area contributed by atoms with E-state index in [1.165, 1.54) is 6.07 Å². The zero-order valence-corrected chi connectivity index (χ0v) is 19.0. The minimum atomic E-state index is -3.81. The van der Waals surface area contributed by atoms with E-state index in [4.69, 9.17) is 0 Å². The van der Waals surface area contributed by atoms with Crippen LogP contribution in [0.3, 0.4) is 0 Å². The molecule has 0 aliphatic carbocycles. The minimum Gasteiger partial charge on any atom is -0.348 e. The Hall–Kier alpha value is -3.19. The lowest BCUT2D eigenvalue weighted by Gasteiger charge is -2.21. The topological polar surface area (TPSA) is 88.2 Å². The smallest absolute Gasteiger partial charge is 0.262 e. The normalized spacial score (nSPS) is 11.7. The number of hydrogen-bond acceptors (Lipinski definition) is 4. The molecular weight excluding hydrogens is 410 g/mol. The van der Waals surface area contributed by atoms with Crippen LogP contribution in [-0.2, 0) is 22.0 Å². The molecular formula is C24H27N3O3S. The second-order valence-corrected chi connectivity index (χ2v) is 10.1. The first-order chi connectivity index (χ1) is 14.6. The van der Waals surface area contributed by atoms with E-state index in [-0.39, 0.29) is 16.2 Å². The van der Waals surface area contributed by atoms with Gasteiger partial charge in [0.1, 0.15) is 0 Å². The van der Waals surface area contributed by atoms with Gasteiger partial charge in [-0.1, -0.05) is 45.0 Å². The molecule has 0 aliphatic rings. The first kappa shape index (κ1) is 22.5. The van der Waals surface area contributed by atoms with Crippen molar-refractivity contribution in [1.82, 2.24) is 10.3 Å². The van der Waals surface area contributed by atoms with Crippen molar-refractivity contribution in [2.45, 2.75) is 44.6 Å². The van der Waals surface area contributed by atoms with E-state index < -0.39 is 10.0 Å². The van der Waals surface area contributed by atoms with Gasteiger partial charge in [0.25, 0.3) is 15.9 Å². The number of carbonyl (C=O) groups is 1. The Balaban J connectivity index is 1.79. The Morgan fingerprint density at radius 3 is 2.48 bits per heavy atom. The number of aryl methyl sites for hydroxylation is 1. The van der Waals surface area contributed by atoms with Gasteiger partial charge in [-0.05, 0) is 59.4 Å². The number of sulfonamides is 1. The molecule has 1 aromatic heterocycles. The summed E-state index contributed by atoms with van der Waals surface area (Å²) in [5.41, 5.74) is 2.98. The number of rotatable bonds is 6. The lowest BCUT2D eigenvalue weighted by Crippen LogP contribution is -2.23. The molecule has 0 radical (unpaired) electrons. The van der Waals surface area contributed by atoms with Crippen LogP contribution in [-0.4, -0.2) is 19.3 Å². The molecule has 0 bridgehead atoms. The average Bonchev–Trinajstić information content (AvgIpc) is 2.72. The van der Waals surface area contributed by atoms with Crippen molar-refractivity contribution in [2.75, 3.05) is 4.72 Å². The molecule has 3 rings (SSSR count). The van der Waals surface area contributed by atoms with E-state index in [9.17, 15) is 13.2 Å². The standard InChI is InChI=1S/C24H27N3O3S/c1-17-10-11-20(24(2,3)4)14-22(17)31(29,30)27-21-9-5-8-19(13-21)23(28)26-16-18-7-6-12-25-15-18/h5-15,27H,16H2,1-4H3,(H,26,28). The predicted molar refractivity (Wildman–Crippen MR) is 123 cm³/mol. The molecule has 0 spiro atoms. The highest BCUT2D eigenvalue weighted by Gasteiger charge is 2.22. The van der Waals surface area contributed by atoms with Gasteiger partial charge in [-0.15, -0.1) is 0 Å². The van der Waals surface area contributed by atoms with Crippen LogP contribution in [0.25, 0.3) is 0 Å². The Morgan fingerprint density at radius 1 is 1.03 bits per heavy atom. The molecule has 6 nitrogen and oxygen atoms in total. The van der Waals surface area contributed by atoms with Gasteiger partial charge in [0.15, 0.2) is 0 Å². The number of benzene rings is 2. The molecule has 1 amide bonds. The summed E-state index contributed by atoms with van der Waals surface area (Å²) in [6.45, 7) is 8.21. The van der Waals surface area contributed by atoms with Crippen molar-refractivity contribution in [3.63, 3.8) is 0 Å². The van der Waals surface area contributed by atoms with E-state index >= 15 is 0 Å². The third kappa shape index (κ3) is 5.70. The molecule has 0 atom stereocenters. The van der Waals surface area contributed by atoms with Crippen molar-refractivity contribution in [2.24, 2.45) is 0 Å². The van der Waals surface area contributed by atoms with E-state index in [0.29, 0.717) is 23.4 Å². The van der Waals surface area contributed by atoms with Crippen molar-refractivity contribution >= 4 is 21.6 Å². The maximum atomic E-state index is 13.1. The van der Waals surface area contributed by atoms with Gasteiger partial charge >= 0.3 is 0 Å². The summed E-state index contributed by atoms with van der Waals surface area (Å²) in [6, 6.07) is 15.6. The molecule has 2 N–H and O–H groups in total. The lowest BCUT2D eigenvalue weighted by molar-refractivity contribution is 0.0951. The molecule has 0 fully saturated rings. The van der Waals surface area contributed by atoms with Crippen molar-refractivity contribution < 1.29 is 13.2 Å². The van der Waals surface area contributed by atoms with Crippen LogP contribution in [0, 0.1) is 6.92 Å². The Bertz CT molecular complexity index is 1180. The van der Waals surface area contributed by atoms with Gasteiger partial charge in [-0.25, -0.2) is 8.42 Å². The Morgan fingerprint density at radius 2 is 1.81 bits per heavy atom. The van der Waals surface area contributed by atoms with Crippen molar-refractivity contribution in [3.05, 3.63) is 89.2 Å². The fourth-order valence-corrected chi connectivity index (χ4v) is 4.40. The van der Waals surface area contributed by atoms with Gasteiger partial charge in [-0.2, -0.15) is 0 Å². The van der Waals surface area contributed by atoms with Crippen LogP contribution in [0.15, 0.2) is 71.9 Å². The summed E-state index contributed by atoms with van der Waals surface area (Å²) in [4.78, 5) is 16.8. The maximum Gasteiger partial charge on any atom is 0.262 e. The molecule has 0 aliphatic heterocycles. The number of anilines is 1. The zero-order valence-electron chi connectivity index (χ0n) is 18.1. The molecule has 0 saturated heterocycles. The molecule has 0 unspecified atom stereocenters. The quantitative estimate of drug-likeness (QED) is 0.598. The molecule has 1 heterocycles. The number of aromatic nitrogens is 1. The SMILES string of the molecule is Cc1ccc(C(C)(C)C)cc1S(=O)(=O)Nc1cccc(C(=O)NCc2cccnc2)c1. The summed E-state index contributed by atoms with van der Waals surface area (Å²) in [5.74, 6) is -0.296. The third-order valence-electron chi connectivity index (χ3n) is 4.90. The highest BCUT2D eigenvalue weighted by molar-refractivity contribution is 7.92. The number of hydrogen-bond donors (Lipinski definition) is 2. The molecule has 31 heavy (non-hydrogen) atoms. The summed E-state index contributed by atoms with van der Waals surface area (Å²) >= 11 is 0. The number of nitrogens with zero attached hydrogens (tertiary/aromatic N) is 1. The van der Waals surface area contributed by atoms with Gasteiger partial charge in [0.05, 0.1) is 4.90 Å². The zero-order chi connectivity index (χ0) is 22.6. The summed E-state index contributed by atoms with van der Waals surface area (Å²) < 4.78 is 28.8. The lowest BCUT2D eigenvalue weighted by atomic mass is 9.87. The first-order valence-electron chi connectivity index (χ1n) is 9.97. The Kier molecular flexibility index (Phi) is 6.45.